The molecular formula is C11H14N4O3. The average Bonchev–Trinajstić information content (AvgIpc) is 2.28. The van der Waals surface area contributed by atoms with Crippen molar-refractivity contribution in [3.8, 4) is 6.07 Å². The number of aliphatic hydroxyl groups excluding tert-OH is 1. The molecule has 0 amide bonds. The van der Waals surface area contributed by atoms with Gasteiger partial charge in [-0.1, -0.05) is 0 Å². The summed E-state index contributed by atoms with van der Waals surface area (Å²) in [5.41, 5.74) is -0.876. The van der Waals surface area contributed by atoms with Crippen molar-refractivity contribution in [2.45, 2.75) is 32.4 Å². The van der Waals surface area contributed by atoms with E-state index in [0.717, 1.165) is 12.3 Å². The normalized spacial score (nSPS) is 12.6. The molecule has 0 fully saturated rings. The van der Waals surface area contributed by atoms with Crippen molar-refractivity contribution in [2.24, 2.45) is 0 Å². The molecular weight excluding hydrogens is 236 g/mol. The van der Waals surface area contributed by atoms with Gasteiger partial charge >= 0.3 is 0 Å². The fraction of sp³-hybridized carbons (Fsp3) is 0.455. The van der Waals surface area contributed by atoms with Crippen LogP contribution < -0.4 is 5.32 Å². The van der Waals surface area contributed by atoms with E-state index in [1.165, 1.54) is 0 Å². The fourth-order valence-corrected chi connectivity index (χ4v) is 1.15. The molecule has 2 N–H and O–H groups in total. The third kappa shape index (κ3) is 2.93. The quantitative estimate of drug-likeness (QED) is 0.617. The van der Waals surface area contributed by atoms with Crippen LogP contribution in [0.25, 0.3) is 0 Å². The van der Waals surface area contributed by atoms with Gasteiger partial charge in [-0.2, -0.15) is 5.26 Å². The highest BCUT2D eigenvalue weighted by Crippen LogP contribution is 2.22. The van der Waals surface area contributed by atoms with E-state index >= 15 is 0 Å². The smallest absolute Gasteiger partial charge is 0.289 e. The Hall–Kier alpha value is -2.20. The van der Waals surface area contributed by atoms with Crippen LogP contribution >= 0.6 is 0 Å². The van der Waals surface area contributed by atoms with Crippen LogP contribution in [-0.4, -0.2) is 26.7 Å². The number of nitrogens with zero attached hydrogens (tertiary/aromatic N) is 3. The van der Waals surface area contributed by atoms with Crippen LogP contribution in [0.1, 0.15) is 26.3 Å². The van der Waals surface area contributed by atoms with E-state index in [1.54, 1.807) is 20.8 Å². The summed E-state index contributed by atoms with van der Waals surface area (Å²) in [4.78, 5) is 13.8. The van der Waals surface area contributed by atoms with Crippen LogP contribution in [0.3, 0.4) is 0 Å². The lowest BCUT2D eigenvalue weighted by Crippen LogP contribution is -2.42. The number of hydrogen-bond acceptors (Lipinski definition) is 6. The monoisotopic (exact) mass is 250 g/mol. The Balaban J connectivity index is 3.12. The second-order valence-corrected chi connectivity index (χ2v) is 4.48. The van der Waals surface area contributed by atoms with Crippen molar-refractivity contribution in [1.29, 1.82) is 5.26 Å². The van der Waals surface area contributed by atoms with Crippen LogP contribution in [-0.2, 0) is 0 Å². The van der Waals surface area contributed by atoms with Crippen LogP contribution in [0.2, 0.25) is 0 Å². The topological polar surface area (TPSA) is 112 Å². The second kappa shape index (κ2) is 4.98. The summed E-state index contributed by atoms with van der Waals surface area (Å²) in [5, 5.41) is 32.0. The fourth-order valence-electron chi connectivity index (χ4n) is 1.15. The van der Waals surface area contributed by atoms with Crippen LogP contribution in [0.15, 0.2) is 12.3 Å². The Labute approximate surface area is 104 Å². The lowest BCUT2D eigenvalue weighted by molar-refractivity contribution is -0.385. The van der Waals surface area contributed by atoms with E-state index in [4.69, 9.17) is 5.26 Å². The van der Waals surface area contributed by atoms with Gasteiger partial charge < -0.3 is 10.4 Å². The predicted octanol–water partition coefficient (Wildman–Crippen LogP) is 1.43. The van der Waals surface area contributed by atoms with E-state index in [2.05, 4.69) is 10.3 Å². The molecule has 1 aromatic heterocycles. The number of rotatable bonds is 4. The van der Waals surface area contributed by atoms with E-state index < -0.39 is 16.6 Å². The molecule has 0 spiro atoms. The van der Waals surface area contributed by atoms with Crippen molar-refractivity contribution in [3.05, 3.63) is 27.9 Å². The van der Waals surface area contributed by atoms with E-state index in [9.17, 15) is 15.2 Å². The third-order valence-electron chi connectivity index (χ3n) is 2.69. The number of anilines is 1. The summed E-state index contributed by atoms with van der Waals surface area (Å²) in [5.74, 6) is 0.217. The zero-order valence-electron chi connectivity index (χ0n) is 10.3. The molecule has 7 nitrogen and oxygen atoms in total. The largest absolute Gasteiger partial charge is 0.391 e. The highest BCUT2D eigenvalue weighted by atomic mass is 16.6. The molecule has 0 aliphatic heterocycles. The summed E-state index contributed by atoms with van der Waals surface area (Å²) in [6.45, 7) is 5.08. The number of pyridine rings is 1. The molecule has 1 unspecified atom stereocenters. The van der Waals surface area contributed by atoms with Gasteiger partial charge in [-0.15, -0.1) is 0 Å². The minimum atomic E-state index is -0.700. The summed E-state index contributed by atoms with van der Waals surface area (Å²) in [6.07, 6.45) is 0.391. The van der Waals surface area contributed by atoms with E-state index in [-0.39, 0.29) is 17.1 Å². The Morgan fingerprint density at radius 2 is 2.28 bits per heavy atom. The van der Waals surface area contributed by atoms with Crippen LogP contribution in [0.4, 0.5) is 11.5 Å². The summed E-state index contributed by atoms with van der Waals surface area (Å²) < 4.78 is 0. The van der Waals surface area contributed by atoms with Gasteiger partial charge in [0.25, 0.3) is 5.69 Å². The van der Waals surface area contributed by atoms with Crippen molar-refractivity contribution < 1.29 is 10.0 Å². The average molecular weight is 250 g/mol. The number of hydrogen-bond donors (Lipinski definition) is 2. The first-order chi connectivity index (χ1) is 8.27. The zero-order valence-corrected chi connectivity index (χ0v) is 10.3. The van der Waals surface area contributed by atoms with E-state index in [0.29, 0.717) is 0 Å². The van der Waals surface area contributed by atoms with Gasteiger partial charge in [-0.3, -0.25) is 10.1 Å². The van der Waals surface area contributed by atoms with Crippen LogP contribution in [0, 0.1) is 21.4 Å². The minimum Gasteiger partial charge on any atom is -0.391 e. The maximum absolute atomic E-state index is 10.6. The predicted molar refractivity (Wildman–Crippen MR) is 65.0 cm³/mol. The highest BCUT2D eigenvalue weighted by molar-refractivity contribution is 5.56. The van der Waals surface area contributed by atoms with Crippen molar-refractivity contribution in [2.75, 3.05) is 5.32 Å². The molecule has 1 heterocycles. The molecule has 0 bridgehead atoms. The number of aromatic nitrogens is 1. The Morgan fingerprint density at radius 3 is 2.72 bits per heavy atom. The third-order valence-corrected chi connectivity index (χ3v) is 2.69. The van der Waals surface area contributed by atoms with Gasteiger partial charge in [0.15, 0.2) is 0 Å². The molecule has 96 valence electrons. The molecule has 18 heavy (non-hydrogen) atoms. The zero-order chi connectivity index (χ0) is 13.9. The molecule has 0 aliphatic rings. The molecule has 1 aromatic rings. The number of nitrogens with one attached hydrogen (secondary N) is 1. The van der Waals surface area contributed by atoms with Crippen molar-refractivity contribution in [3.63, 3.8) is 0 Å². The standard InChI is InChI=1S/C11H14N4O3/c1-7(16)11(2,3)14-10-8(5-12)4-9(6-13-10)15(17)18/h4,6-7,16H,1-3H3,(H,13,14). The van der Waals surface area contributed by atoms with E-state index in [1.807, 2.05) is 6.07 Å². The molecule has 0 saturated heterocycles. The molecule has 0 aliphatic carbocycles. The maximum atomic E-state index is 10.6. The Morgan fingerprint density at radius 1 is 1.67 bits per heavy atom. The molecule has 0 saturated carbocycles. The Kier molecular flexibility index (Phi) is 3.83. The van der Waals surface area contributed by atoms with Gasteiger partial charge in [-0.05, 0) is 20.8 Å². The number of aliphatic hydroxyl groups is 1. The van der Waals surface area contributed by atoms with Gasteiger partial charge in [0.05, 0.1) is 16.6 Å². The minimum absolute atomic E-state index is 0.0675. The van der Waals surface area contributed by atoms with Gasteiger partial charge in [0.2, 0.25) is 0 Å². The Bertz CT molecular complexity index is 506. The lowest BCUT2D eigenvalue weighted by Gasteiger charge is -2.30. The maximum Gasteiger partial charge on any atom is 0.289 e. The second-order valence-electron chi connectivity index (χ2n) is 4.48. The van der Waals surface area contributed by atoms with Crippen molar-refractivity contribution in [1.82, 2.24) is 4.98 Å². The number of nitro groups is 1. The van der Waals surface area contributed by atoms with Gasteiger partial charge in [0, 0.05) is 6.07 Å². The van der Waals surface area contributed by atoms with Crippen LogP contribution in [0.5, 0.6) is 0 Å². The van der Waals surface area contributed by atoms with Crippen molar-refractivity contribution >= 4 is 11.5 Å². The first kappa shape index (κ1) is 13.9. The molecule has 0 aromatic carbocycles. The molecule has 0 radical (unpaired) electrons. The first-order valence-electron chi connectivity index (χ1n) is 5.28. The summed E-state index contributed by atoms with van der Waals surface area (Å²) in [7, 11) is 0. The molecule has 7 heteroatoms. The molecule has 1 rings (SSSR count). The lowest BCUT2D eigenvalue weighted by atomic mass is 9.98. The molecule has 1 atom stereocenters. The SMILES string of the molecule is CC(O)C(C)(C)Nc1ncc([N+](=O)[O-])cc1C#N. The van der Waals surface area contributed by atoms with Gasteiger partial charge in [-0.25, -0.2) is 4.98 Å². The number of nitriles is 1. The first-order valence-corrected chi connectivity index (χ1v) is 5.28. The highest BCUT2D eigenvalue weighted by Gasteiger charge is 2.26. The van der Waals surface area contributed by atoms with Gasteiger partial charge in [0.1, 0.15) is 23.6 Å². The summed E-state index contributed by atoms with van der Waals surface area (Å²) >= 11 is 0. The summed E-state index contributed by atoms with van der Waals surface area (Å²) in [6, 6.07) is 2.99.